The standard InChI is InChI=1S/C20H17N5O/c1-2-9-18-14(6-1)12-19(26-18)16-13-22-24-20(23-16)25-11-5-8-17(25)15-7-3-4-10-21-15/h1-4,6-7,9-10,12-13,17H,5,8,11H2. The lowest BCUT2D eigenvalue weighted by Gasteiger charge is -2.23. The minimum absolute atomic E-state index is 0.184. The molecule has 1 unspecified atom stereocenters. The van der Waals surface area contributed by atoms with Crippen molar-refractivity contribution in [1.82, 2.24) is 20.2 Å². The number of hydrogen-bond acceptors (Lipinski definition) is 6. The molecule has 1 aliphatic rings. The van der Waals surface area contributed by atoms with Crippen molar-refractivity contribution in [2.24, 2.45) is 0 Å². The highest BCUT2D eigenvalue weighted by atomic mass is 16.3. The number of nitrogens with zero attached hydrogens (tertiary/aromatic N) is 5. The van der Waals surface area contributed by atoms with E-state index in [4.69, 9.17) is 9.40 Å². The van der Waals surface area contributed by atoms with E-state index >= 15 is 0 Å². The third kappa shape index (κ3) is 2.60. The molecule has 1 saturated heterocycles. The van der Waals surface area contributed by atoms with E-state index in [1.807, 2.05) is 48.7 Å². The number of fused-ring (bicyclic) bond motifs is 1. The van der Waals surface area contributed by atoms with Crippen molar-refractivity contribution in [3.63, 3.8) is 0 Å². The van der Waals surface area contributed by atoms with Crippen molar-refractivity contribution in [3.05, 3.63) is 66.6 Å². The molecule has 6 nitrogen and oxygen atoms in total. The van der Waals surface area contributed by atoms with E-state index in [2.05, 4.69) is 26.1 Å². The van der Waals surface area contributed by atoms with Gasteiger partial charge in [0.1, 0.15) is 11.3 Å². The van der Waals surface area contributed by atoms with E-state index < -0.39 is 0 Å². The summed E-state index contributed by atoms with van der Waals surface area (Å²) in [5.74, 6) is 1.33. The monoisotopic (exact) mass is 343 g/mol. The van der Waals surface area contributed by atoms with Crippen LogP contribution in [-0.4, -0.2) is 26.7 Å². The molecule has 5 rings (SSSR count). The zero-order chi connectivity index (χ0) is 17.3. The number of benzene rings is 1. The molecule has 0 spiro atoms. The summed E-state index contributed by atoms with van der Waals surface area (Å²) in [5.41, 5.74) is 2.58. The Morgan fingerprint density at radius 1 is 1.08 bits per heavy atom. The molecule has 0 aliphatic carbocycles. The van der Waals surface area contributed by atoms with Crippen LogP contribution in [0.5, 0.6) is 0 Å². The molecule has 0 radical (unpaired) electrons. The first-order chi connectivity index (χ1) is 12.9. The third-order valence-corrected chi connectivity index (χ3v) is 4.76. The number of rotatable bonds is 3. The van der Waals surface area contributed by atoms with Gasteiger partial charge in [-0.15, -0.1) is 5.10 Å². The molecule has 0 amide bonds. The van der Waals surface area contributed by atoms with Crippen LogP contribution in [0.15, 0.2) is 65.3 Å². The number of hydrogen-bond donors (Lipinski definition) is 0. The van der Waals surface area contributed by atoms with Crippen LogP contribution in [0.3, 0.4) is 0 Å². The summed E-state index contributed by atoms with van der Waals surface area (Å²) in [4.78, 5) is 11.4. The second kappa shape index (κ2) is 6.22. The normalized spacial score (nSPS) is 17.1. The molecule has 0 bridgehead atoms. The van der Waals surface area contributed by atoms with Gasteiger partial charge in [0.05, 0.1) is 17.9 Å². The van der Waals surface area contributed by atoms with Crippen LogP contribution in [0, 0.1) is 0 Å². The average molecular weight is 343 g/mol. The van der Waals surface area contributed by atoms with Crippen LogP contribution in [0.1, 0.15) is 24.6 Å². The van der Waals surface area contributed by atoms with Crippen molar-refractivity contribution in [1.29, 1.82) is 0 Å². The first-order valence-electron chi connectivity index (χ1n) is 8.75. The molecule has 3 aromatic heterocycles. The zero-order valence-corrected chi connectivity index (χ0v) is 14.1. The molecule has 6 heteroatoms. The van der Waals surface area contributed by atoms with Crippen molar-refractivity contribution < 1.29 is 4.42 Å². The third-order valence-electron chi connectivity index (χ3n) is 4.76. The zero-order valence-electron chi connectivity index (χ0n) is 14.1. The fourth-order valence-corrected chi connectivity index (χ4v) is 3.53. The van der Waals surface area contributed by atoms with E-state index in [9.17, 15) is 0 Å². The maximum atomic E-state index is 5.92. The van der Waals surface area contributed by atoms with Crippen molar-refractivity contribution in [2.45, 2.75) is 18.9 Å². The van der Waals surface area contributed by atoms with Gasteiger partial charge < -0.3 is 9.32 Å². The first-order valence-corrected chi connectivity index (χ1v) is 8.75. The molecule has 0 N–H and O–H groups in total. The summed E-state index contributed by atoms with van der Waals surface area (Å²) in [7, 11) is 0. The number of para-hydroxylation sites is 1. The largest absolute Gasteiger partial charge is 0.454 e. The number of anilines is 1. The average Bonchev–Trinajstić information content (AvgIpc) is 3.36. The summed E-state index contributed by atoms with van der Waals surface area (Å²) >= 11 is 0. The molecule has 0 saturated carbocycles. The summed E-state index contributed by atoms with van der Waals surface area (Å²) in [6.07, 6.45) is 5.59. The molecular formula is C20H17N5O. The number of furan rings is 1. The Morgan fingerprint density at radius 2 is 2.00 bits per heavy atom. The van der Waals surface area contributed by atoms with Gasteiger partial charge in [-0.25, -0.2) is 4.98 Å². The highest BCUT2D eigenvalue weighted by Gasteiger charge is 2.29. The number of pyridine rings is 1. The van der Waals surface area contributed by atoms with Gasteiger partial charge in [0.2, 0.25) is 5.95 Å². The van der Waals surface area contributed by atoms with E-state index in [0.29, 0.717) is 17.4 Å². The van der Waals surface area contributed by atoms with Crippen LogP contribution in [-0.2, 0) is 0 Å². The summed E-state index contributed by atoms with van der Waals surface area (Å²) < 4.78 is 5.92. The van der Waals surface area contributed by atoms with Gasteiger partial charge in [-0.1, -0.05) is 24.3 Å². The molecule has 1 aliphatic heterocycles. The van der Waals surface area contributed by atoms with Crippen LogP contribution in [0.25, 0.3) is 22.4 Å². The molecular weight excluding hydrogens is 326 g/mol. The van der Waals surface area contributed by atoms with E-state index in [0.717, 1.165) is 36.0 Å². The van der Waals surface area contributed by atoms with Gasteiger partial charge in [0, 0.05) is 18.1 Å². The van der Waals surface area contributed by atoms with Gasteiger partial charge in [0.15, 0.2) is 5.76 Å². The minimum atomic E-state index is 0.184. The highest BCUT2D eigenvalue weighted by Crippen LogP contribution is 2.34. The Hall–Kier alpha value is -3.28. The second-order valence-corrected chi connectivity index (χ2v) is 6.40. The Morgan fingerprint density at radius 3 is 2.88 bits per heavy atom. The lowest BCUT2D eigenvalue weighted by molar-refractivity contribution is 0.625. The van der Waals surface area contributed by atoms with Gasteiger partial charge >= 0.3 is 0 Å². The highest BCUT2D eigenvalue weighted by molar-refractivity contribution is 5.82. The van der Waals surface area contributed by atoms with Crippen LogP contribution < -0.4 is 4.90 Å². The fourth-order valence-electron chi connectivity index (χ4n) is 3.53. The smallest absolute Gasteiger partial charge is 0.246 e. The fraction of sp³-hybridized carbons (Fsp3) is 0.200. The second-order valence-electron chi connectivity index (χ2n) is 6.40. The lowest BCUT2D eigenvalue weighted by atomic mass is 10.1. The molecule has 1 aromatic carbocycles. The van der Waals surface area contributed by atoms with E-state index in [1.165, 1.54) is 0 Å². The van der Waals surface area contributed by atoms with E-state index in [1.54, 1.807) is 6.20 Å². The molecule has 4 heterocycles. The molecule has 26 heavy (non-hydrogen) atoms. The van der Waals surface area contributed by atoms with Crippen LogP contribution in [0.4, 0.5) is 5.95 Å². The Labute approximate surface area is 150 Å². The van der Waals surface area contributed by atoms with Gasteiger partial charge in [-0.3, -0.25) is 4.98 Å². The van der Waals surface area contributed by atoms with Crippen LogP contribution >= 0.6 is 0 Å². The Bertz CT molecular complexity index is 1010. The van der Waals surface area contributed by atoms with Crippen LogP contribution in [0.2, 0.25) is 0 Å². The SMILES string of the molecule is c1ccc(C2CCCN2c2nncc(-c3cc4ccccc4o3)n2)nc1. The molecule has 128 valence electrons. The van der Waals surface area contributed by atoms with Crippen molar-refractivity contribution >= 4 is 16.9 Å². The Balaban J connectivity index is 1.51. The molecule has 4 aromatic rings. The molecule has 1 fully saturated rings. The maximum Gasteiger partial charge on any atom is 0.246 e. The molecule has 1 atom stereocenters. The van der Waals surface area contributed by atoms with Gasteiger partial charge in [-0.05, 0) is 37.1 Å². The summed E-state index contributed by atoms with van der Waals surface area (Å²) in [6, 6.07) is 16.1. The first kappa shape index (κ1) is 15.0. The Kier molecular flexibility index (Phi) is 3.59. The lowest BCUT2D eigenvalue weighted by Crippen LogP contribution is -2.25. The minimum Gasteiger partial charge on any atom is -0.454 e. The van der Waals surface area contributed by atoms with Crippen molar-refractivity contribution in [2.75, 3.05) is 11.4 Å². The van der Waals surface area contributed by atoms with Gasteiger partial charge in [-0.2, -0.15) is 5.10 Å². The maximum absolute atomic E-state index is 5.92. The van der Waals surface area contributed by atoms with E-state index in [-0.39, 0.29) is 6.04 Å². The predicted octanol–water partition coefficient (Wildman–Crippen LogP) is 4.02. The number of aromatic nitrogens is 4. The summed E-state index contributed by atoms with van der Waals surface area (Å²) in [5, 5.41) is 9.49. The van der Waals surface area contributed by atoms with Crippen molar-refractivity contribution in [3.8, 4) is 11.5 Å². The summed E-state index contributed by atoms with van der Waals surface area (Å²) in [6.45, 7) is 0.895. The predicted molar refractivity (Wildman–Crippen MR) is 98.6 cm³/mol. The topological polar surface area (TPSA) is 67.9 Å². The quantitative estimate of drug-likeness (QED) is 0.560. The van der Waals surface area contributed by atoms with Gasteiger partial charge in [0.25, 0.3) is 0 Å².